The number of thioether (sulfide) groups is 1. The van der Waals surface area contributed by atoms with E-state index in [-0.39, 0.29) is 0 Å². The van der Waals surface area contributed by atoms with Crippen molar-refractivity contribution in [2.75, 3.05) is 5.75 Å². The fraction of sp³-hybridized carbons (Fsp3) is 0.600. The molecular weight excluding hydrogens is 251 g/mol. The Balaban J connectivity index is 2.63. The van der Waals surface area contributed by atoms with Gasteiger partial charge in [0, 0.05) is 5.56 Å². The summed E-state index contributed by atoms with van der Waals surface area (Å²) >= 11 is 13.6. The van der Waals surface area contributed by atoms with E-state index in [0.717, 1.165) is 17.1 Å². The van der Waals surface area contributed by atoms with Crippen LogP contribution < -0.4 is 0 Å². The molecule has 0 fully saturated rings. The van der Waals surface area contributed by atoms with E-state index < -0.39 is 0 Å². The zero-order valence-electron chi connectivity index (χ0n) is 9.05. The van der Waals surface area contributed by atoms with Crippen LogP contribution >= 0.6 is 35.0 Å². The van der Waals surface area contributed by atoms with Gasteiger partial charge in [-0.2, -0.15) is 11.8 Å². The molecule has 0 saturated carbocycles. The highest BCUT2D eigenvalue weighted by atomic mass is 35.5. The Morgan fingerprint density at radius 2 is 1.73 bits per heavy atom. The second kappa shape index (κ2) is 5.92. The maximum atomic E-state index is 5.92. The minimum atomic E-state index is 0.454. The van der Waals surface area contributed by atoms with E-state index in [2.05, 4.69) is 23.8 Å². The van der Waals surface area contributed by atoms with E-state index in [1.807, 2.05) is 6.92 Å². The van der Waals surface area contributed by atoms with Gasteiger partial charge in [-0.3, -0.25) is 0 Å². The summed E-state index contributed by atoms with van der Waals surface area (Å²) in [5, 5.41) is 0.908. The topological polar surface area (TPSA) is 25.8 Å². The van der Waals surface area contributed by atoms with Crippen molar-refractivity contribution in [1.82, 2.24) is 9.97 Å². The predicted octanol–water partition coefficient (Wildman–Crippen LogP) is 3.98. The van der Waals surface area contributed by atoms with Gasteiger partial charge in [-0.15, -0.1) is 0 Å². The van der Waals surface area contributed by atoms with E-state index in [9.17, 15) is 0 Å². The van der Waals surface area contributed by atoms with Crippen LogP contribution in [0.25, 0.3) is 0 Å². The van der Waals surface area contributed by atoms with E-state index in [4.69, 9.17) is 23.2 Å². The van der Waals surface area contributed by atoms with E-state index in [1.54, 1.807) is 11.8 Å². The molecule has 1 aromatic rings. The molecule has 1 aromatic heterocycles. The molecule has 5 heteroatoms. The Hall–Kier alpha value is 0.01000. The largest absolute Gasteiger partial charge is 0.220 e. The fourth-order valence-electron chi connectivity index (χ4n) is 0.955. The van der Waals surface area contributed by atoms with Crippen LogP contribution in [-0.4, -0.2) is 15.7 Å². The lowest BCUT2D eigenvalue weighted by Gasteiger charge is -2.05. The molecule has 0 aliphatic heterocycles. The van der Waals surface area contributed by atoms with Crippen molar-refractivity contribution >= 4 is 35.0 Å². The average molecular weight is 265 g/mol. The molecular formula is C10H14Cl2N2S. The monoisotopic (exact) mass is 264 g/mol. The van der Waals surface area contributed by atoms with Gasteiger partial charge in [0.15, 0.2) is 0 Å². The number of nitrogens with zero attached hydrogens (tertiary/aromatic N) is 2. The molecule has 0 aromatic carbocycles. The van der Waals surface area contributed by atoms with Crippen molar-refractivity contribution in [2.24, 2.45) is 5.92 Å². The lowest BCUT2D eigenvalue weighted by atomic mass is 10.3. The third-order valence-electron chi connectivity index (χ3n) is 1.76. The van der Waals surface area contributed by atoms with Crippen LogP contribution in [-0.2, 0) is 5.75 Å². The van der Waals surface area contributed by atoms with E-state index in [0.29, 0.717) is 22.0 Å². The van der Waals surface area contributed by atoms with Crippen LogP contribution in [0.1, 0.15) is 25.2 Å². The smallest absolute Gasteiger partial charge is 0.141 e. The Morgan fingerprint density at radius 3 is 2.20 bits per heavy atom. The molecule has 0 aliphatic rings. The highest BCUT2D eigenvalue weighted by Crippen LogP contribution is 2.21. The van der Waals surface area contributed by atoms with Crippen LogP contribution in [0.2, 0.25) is 10.3 Å². The van der Waals surface area contributed by atoms with Crippen molar-refractivity contribution in [1.29, 1.82) is 0 Å². The molecule has 0 aliphatic carbocycles. The number of aromatic nitrogens is 2. The van der Waals surface area contributed by atoms with Gasteiger partial charge in [-0.25, -0.2) is 9.97 Å². The lowest BCUT2D eigenvalue weighted by molar-refractivity contribution is 0.749. The molecule has 15 heavy (non-hydrogen) atoms. The standard InChI is InChI=1S/C10H14Cl2N2S/c1-6(2)4-15-5-8-13-9(11)7(3)10(12)14-8/h6H,4-5H2,1-3H3. The average Bonchev–Trinajstić information content (AvgIpc) is 2.13. The summed E-state index contributed by atoms with van der Waals surface area (Å²) in [7, 11) is 0. The maximum absolute atomic E-state index is 5.92. The first-order valence-electron chi connectivity index (χ1n) is 4.77. The van der Waals surface area contributed by atoms with Gasteiger partial charge in [0.05, 0.1) is 5.75 Å². The summed E-state index contributed by atoms with van der Waals surface area (Å²) in [6.07, 6.45) is 0. The van der Waals surface area contributed by atoms with Crippen LogP contribution in [0.5, 0.6) is 0 Å². The first-order valence-corrected chi connectivity index (χ1v) is 6.68. The second-order valence-electron chi connectivity index (χ2n) is 3.76. The maximum Gasteiger partial charge on any atom is 0.141 e. The third-order valence-corrected chi connectivity index (χ3v) is 3.86. The fourth-order valence-corrected chi connectivity index (χ4v) is 2.28. The normalized spacial score (nSPS) is 11.1. The van der Waals surface area contributed by atoms with Crippen molar-refractivity contribution in [2.45, 2.75) is 26.5 Å². The minimum absolute atomic E-state index is 0.454. The summed E-state index contributed by atoms with van der Waals surface area (Å²) in [6, 6.07) is 0. The molecule has 0 bridgehead atoms. The number of rotatable bonds is 4. The van der Waals surface area contributed by atoms with E-state index in [1.165, 1.54) is 0 Å². The zero-order valence-corrected chi connectivity index (χ0v) is 11.4. The molecule has 0 saturated heterocycles. The molecule has 0 amide bonds. The predicted molar refractivity (Wildman–Crippen MR) is 67.8 cm³/mol. The summed E-state index contributed by atoms with van der Waals surface area (Å²) in [6.45, 7) is 6.18. The number of hydrogen-bond donors (Lipinski definition) is 0. The quantitative estimate of drug-likeness (QED) is 0.770. The highest BCUT2D eigenvalue weighted by Gasteiger charge is 2.07. The third kappa shape index (κ3) is 4.17. The van der Waals surface area contributed by atoms with Gasteiger partial charge >= 0.3 is 0 Å². The molecule has 1 rings (SSSR count). The van der Waals surface area contributed by atoms with Crippen LogP contribution in [0, 0.1) is 12.8 Å². The summed E-state index contributed by atoms with van der Waals surface area (Å²) in [5.41, 5.74) is 0.746. The van der Waals surface area contributed by atoms with Crippen LogP contribution in [0.15, 0.2) is 0 Å². The van der Waals surface area contributed by atoms with Gasteiger partial charge in [0.1, 0.15) is 16.1 Å². The Kier molecular flexibility index (Phi) is 5.16. The van der Waals surface area contributed by atoms with Gasteiger partial charge in [0.25, 0.3) is 0 Å². The molecule has 2 nitrogen and oxygen atoms in total. The molecule has 0 spiro atoms. The Bertz CT molecular complexity index is 319. The van der Waals surface area contributed by atoms with Crippen molar-refractivity contribution in [3.8, 4) is 0 Å². The van der Waals surface area contributed by atoms with Gasteiger partial charge in [0.2, 0.25) is 0 Å². The molecule has 0 unspecified atom stereocenters. The molecule has 0 atom stereocenters. The molecule has 0 N–H and O–H groups in total. The van der Waals surface area contributed by atoms with Gasteiger partial charge in [-0.1, -0.05) is 37.0 Å². The van der Waals surface area contributed by atoms with Crippen LogP contribution in [0.4, 0.5) is 0 Å². The van der Waals surface area contributed by atoms with Crippen molar-refractivity contribution in [3.05, 3.63) is 21.7 Å². The van der Waals surface area contributed by atoms with Crippen molar-refractivity contribution in [3.63, 3.8) is 0 Å². The number of hydrogen-bond acceptors (Lipinski definition) is 3. The van der Waals surface area contributed by atoms with Gasteiger partial charge in [-0.05, 0) is 18.6 Å². The Labute approximate surface area is 105 Å². The number of halogens is 2. The van der Waals surface area contributed by atoms with Crippen LogP contribution in [0.3, 0.4) is 0 Å². The SMILES string of the molecule is Cc1c(Cl)nc(CSCC(C)C)nc1Cl. The molecule has 84 valence electrons. The second-order valence-corrected chi connectivity index (χ2v) is 5.50. The summed E-state index contributed by atoms with van der Waals surface area (Å²) in [4.78, 5) is 8.36. The Morgan fingerprint density at radius 1 is 1.20 bits per heavy atom. The molecule has 1 heterocycles. The zero-order chi connectivity index (χ0) is 11.4. The van der Waals surface area contributed by atoms with Crippen molar-refractivity contribution < 1.29 is 0 Å². The molecule has 0 radical (unpaired) electrons. The van der Waals surface area contributed by atoms with Gasteiger partial charge < -0.3 is 0 Å². The van der Waals surface area contributed by atoms with E-state index >= 15 is 0 Å². The first kappa shape index (κ1) is 13.1. The minimum Gasteiger partial charge on any atom is -0.220 e. The first-order chi connectivity index (χ1) is 7.00. The highest BCUT2D eigenvalue weighted by molar-refractivity contribution is 7.98. The lowest BCUT2D eigenvalue weighted by Crippen LogP contribution is -1.98. The summed E-state index contributed by atoms with van der Waals surface area (Å²) in [5.74, 6) is 3.23. The summed E-state index contributed by atoms with van der Waals surface area (Å²) < 4.78 is 0.